The fourth-order valence-corrected chi connectivity index (χ4v) is 3.69. The Hall–Kier alpha value is -2.84. The van der Waals surface area contributed by atoms with E-state index >= 15 is 0 Å². The van der Waals surface area contributed by atoms with Gasteiger partial charge in [-0.15, -0.1) is 0 Å². The summed E-state index contributed by atoms with van der Waals surface area (Å²) >= 11 is 2.01. The lowest BCUT2D eigenvalue weighted by molar-refractivity contribution is -0.139. The number of benzene rings is 1. The number of nitrogens with zero attached hydrogens (tertiary/aromatic N) is 2. The molecule has 0 saturated heterocycles. The summed E-state index contributed by atoms with van der Waals surface area (Å²) in [7, 11) is 0. The third kappa shape index (κ3) is 8.11. The van der Waals surface area contributed by atoms with Crippen LogP contribution in [0.15, 0.2) is 24.4 Å². The van der Waals surface area contributed by atoms with Crippen LogP contribution in [0.5, 0.6) is 0 Å². The molecular formula is C22H25F3IN5O4. The van der Waals surface area contributed by atoms with E-state index in [1.807, 2.05) is 22.6 Å². The Morgan fingerprint density at radius 1 is 1.26 bits per heavy atom. The Kier molecular flexibility index (Phi) is 7.97. The predicted octanol–water partition coefficient (Wildman–Crippen LogP) is 4.94. The first-order valence-corrected chi connectivity index (χ1v) is 11.8. The van der Waals surface area contributed by atoms with Crippen molar-refractivity contribution in [2.75, 3.05) is 10.6 Å². The predicted molar refractivity (Wildman–Crippen MR) is 131 cm³/mol. The molecule has 9 nitrogen and oxygen atoms in total. The van der Waals surface area contributed by atoms with E-state index in [2.05, 4.69) is 25.9 Å². The van der Waals surface area contributed by atoms with Crippen molar-refractivity contribution in [3.8, 4) is 0 Å². The minimum absolute atomic E-state index is 0.00288. The first kappa shape index (κ1) is 26.8. The lowest BCUT2D eigenvalue weighted by Gasteiger charge is -2.22. The fourth-order valence-electron chi connectivity index (χ4n) is 2.97. The van der Waals surface area contributed by atoms with Crippen LogP contribution in [0.4, 0.5) is 35.4 Å². The molecule has 1 aromatic carbocycles. The van der Waals surface area contributed by atoms with E-state index in [1.54, 1.807) is 39.0 Å². The second kappa shape index (κ2) is 10.4. The van der Waals surface area contributed by atoms with Crippen LogP contribution in [0.1, 0.15) is 44.7 Å². The number of aromatic nitrogens is 2. The van der Waals surface area contributed by atoms with Crippen LogP contribution in [-0.2, 0) is 22.1 Å². The number of nitrogens with one attached hydrogen (secondary N) is 3. The summed E-state index contributed by atoms with van der Waals surface area (Å²) in [6.07, 6.45) is -3.13. The molecule has 4 N–H and O–H groups in total. The topological polar surface area (TPSA) is 125 Å². The smallest absolute Gasteiger partial charge is 0.421 e. The Balaban J connectivity index is 1.73. The fraction of sp³-hybridized carbons (Fsp3) is 0.455. The van der Waals surface area contributed by atoms with Gasteiger partial charge in [0.05, 0.1) is 5.69 Å². The Bertz CT molecular complexity index is 1100. The van der Waals surface area contributed by atoms with Gasteiger partial charge >= 0.3 is 18.2 Å². The maximum absolute atomic E-state index is 13.3. The molecule has 0 aliphatic heterocycles. The quantitative estimate of drug-likeness (QED) is 0.311. The molecule has 1 aromatic heterocycles. The molecule has 1 aliphatic rings. The van der Waals surface area contributed by atoms with E-state index in [1.165, 1.54) is 0 Å². The number of carbonyl (C=O) groups is 2. The minimum Gasteiger partial charge on any atom is -0.480 e. The van der Waals surface area contributed by atoms with Crippen molar-refractivity contribution >= 4 is 52.1 Å². The summed E-state index contributed by atoms with van der Waals surface area (Å²) in [6, 6.07) is 3.73. The Morgan fingerprint density at radius 3 is 2.49 bits per heavy atom. The van der Waals surface area contributed by atoms with E-state index in [9.17, 15) is 27.9 Å². The molecule has 3 rings (SSSR count). The first-order valence-electron chi connectivity index (χ1n) is 10.7. The number of alkyl halides is 3. The van der Waals surface area contributed by atoms with Gasteiger partial charge in [0.15, 0.2) is 0 Å². The van der Waals surface area contributed by atoms with Crippen molar-refractivity contribution in [3.05, 3.63) is 39.1 Å². The van der Waals surface area contributed by atoms with Crippen molar-refractivity contribution in [2.45, 2.75) is 63.9 Å². The normalized spacial score (nSPS) is 14.7. The minimum atomic E-state index is -4.58. The van der Waals surface area contributed by atoms with Crippen LogP contribution in [-0.4, -0.2) is 44.8 Å². The van der Waals surface area contributed by atoms with E-state index in [0.717, 1.165) is 19.0 Å². The molecule has 190 valence electrons. The summed E-state index contributed by atoms with van der Waals surface area (Å²) in [4.78, 5) is 31.4. The number of ether oxygens (including phenoxy) is 1. The van der Waals surface area contributed by atoms with E-state index in [4.69, 9.17) is 4.74 Å². The van der Waals surface area contributed by atoms with Crippen LogP contribution in [0.25, 0.3) is 0 Å². The molecule has 0 bridgehead atoms. The lowest BCUT2D eigenvalue weighted by atomic mass is 10.1. The van der Waals surface area contributed by atoms with Crippen LogP contribution in [0, 0.1) is 3.57 Å². The Morgan fingerprint density at radius 2 is 1.94 bits per heavy atom. The highest BCUT2D eigenvalue weighted by atomic mass is 127. The molecular weight excluding hydrogens is 582 g/mol. The number of anilines is 3. The number of hydrogen-bond donors (Lipinski definition) is 4. The average molecular weight is 607 g/mol. The van der Waals surface area contributed by atoms with Crippen LogP contribution in [0.2, 0.25) is 0 Å². The third-order valence-corrected chi connectivity index (χ3v) is 5.61. The van der Waals surface area contributed by atoms with E-state index in [0.29, 0.717) is 14.8 Å². The van der Waals surface area contributed by atoms with Gasteiger partial charge in [-0.1, -0.05) is 6.07 Å². The summed E-state index contributed by atoms with van der Waals surface area (Å²) in [6.45, 7) is 5.01. The number of aliphatic carboxylic acids is 1. The number of hydrogen-bond acceptors (Lipinski definition) is 7. The standard InChI is InChI=1S/C22H25F3IN5O4/c1-21(2,3)35-20(34)30-16(18(32)33)9-11-4-7-15(14(26)8-11)29-19-27-10-13(22(23,24)25)17(31-19)28-12-5-6-12/h4,7-8,10,12,16H,5-6,9H2,1-3H3,(H,30,34)(H,32,33)(H2,27,28,29,31). The van der Waals surface area contributed by atoms with Crippen molar-refractivity contribution in [3.63, 3.8) is 0 Å². The van der Waals surface area contributed by atoms with Gasteiger partial charge in [0.25, 0.3) is 0 Å². The molecule has 35 heavy (non-hydrogen) atoms. The molecule has 0 radical (unpaired) electrons. The zero-order chi connectivity index (χ0) is 26.0. The lowest BCUT2D eigenvalue weighted by Crippen LogP contribution is -2.44. The summed E-state index contributed by atoms with van der Waals surface area (Å²) in [5.41, 5.74) is -0.562. The number of amides is 1. The van der Waals surface area contributed by atoms with Crippen LogP contribution >= 0.6 is 22.6 Å². The van der Waals surface area contributed by atoms with Crippen LogP contribution < -0.4 is 16.0 Å². The number of alkyl carbamates (subject to hydrolysis) is 1. The highest BCUT2D eigenvalue weighted by Gasteiger charge is 2.37. The van der Waals surface area contributed by atoms with E-state index < -0.39 is 35.4 Å². The molecule has 1 unspecified atom stereocenters. The van der Waals surface area contributed by atoms with Crippen molar-refractivity contribution in [1.29, 1.82) is 0 Å². The number of halogens is 4. The molecule has 1 heterocycles. The largest absolute Gasteiger partial charge is 0.480 e. The third-order valence-electron chi connectivity index (χ3n) is 4.72. The highest BCUT2D eigenvalue weighted by molar-refractivity contribution is 14.1. The molecule has 1 fully saturated rings. The zero-order valence-electron chi connectivity index (χ0n) is 19.2. The maximum Gasteiger partial charge on any atom is 0.421 e. The highest BCUT2D eigenvalue weighted by Crippen LogP contribution is 2.36. The van der Waals surface area contributed by atoms with Gasteiger partial charge in [0, 0.05) is 22.2 Å². The summed E-state index contributed by atoms with van der Waals surface area (Å²) in [5.74, 6) is -1.51. The second-order valence-electron chi connectivity index (χ2n) is 9.05. The van der Waals surface area contributed by atoms with Gasteiger partial charge in [-0.05, 0) is 73.9 Å². The van der Waals surface area contributed by atoms with Crippen LogP contribution in [0.3, 0.4) is 0 Å². The van der Waals surface area contributed by atoms with Crippen molar-refractivity contribution in [1.82, 2.24) is 15.3 Å². The molecule has 0 spiro atoms. The van der Waals surface area contributed by atoms with Gasteiger partial charge in [0.1, 0.15) is 23.0 Å². The molecule has 1 aliphatic carbocycles. The van der Waals surface area contributed by atoms with Gasteiger partial charge in [-0.3, -0.25) is 0 Å². The first-order chi connectivity index (χ1) is 16.2. The number of carboxylic acid groups (broad SMARTS) is 1. The van der Waals surface area contributed by atoms with Gasteiger partial charge in [-0.25, -0.2) is 14.6 Å². The zero-order valence-corrected chi connectivity index (χ0v) is 21.3. The number of rotatable bonds is 8. The molecule has 1 saturated carbocycles. The maximum atomic E-state index is 13.3. The molecule has 1 atom stereocenters. The monoisotopic (exact) mass is 607 g/mol. The number of carboxylic acids is 1. The van der Waals surface area contributed by atoms with Crippen molar-refractivity contribution < 1.29 is 32.6 Å². The number of carbonyl (C=O) groups excluding carboxylic acids is 1. The second-order valence-corrected chi connectivity index (χ2v) is 10.2. The van der Waals surface area contributed by atoms with E-state index in [-0.39, 0.29) is 24.2 Å². The van der Waals surface area contributed by atoms with Gasteiger partial charge < -0.3 is 25.8 Å². The van der Waals surface area contributed by atoms with Gasteiger partial charge in [0.2, 0.25) is 5.95 Å². The summed E-state index contributed by atoms with van der Waals surface area (Å²) < 4.78 is 45.6. The SMILES string of the molecule is CC(C)(C)OC(=O)NC(Cc1ccc(Nc2ncc(C(F)(F)F)c(NC3CC3)n2)c(I)c1)C(=O)O. The Labute approximate surface area is 213 Å². The summed E-state index contributed by atoms with van der Waals surface area (Å²) in [5, 5.41) is 17.5. The van der Waals surface area contributed by atoms with Gasteiger partial charge in [-0.2, -0.15) is 18.2 Å². The molecule has 1 amide bonds. The van der Waals surface area contributed by atoms with Crippen molar-refractivity contribution in [2.24, 2.45) is 0 Å². The molecule has 2 aromatic rings. The molecule has 13 heteroatoms. The average Bonchev–Trinajstić information content (AvgIpc) is 3.51.